The quantitative estimate of drug-likeness (QED) is 0.351. The number of ketones is 2. The fourth-order valence-corrected chi connectivity index (χ4v) is 5.57. The molecule has 0 aliphatic carbocycles. The van der Waals surface area contributed by atoms with Gasteiger partial charge in [0.15, 0.2) is 0 Å². The summed E-state index contributed by atoms with van der Waals surface area (Å²) >= 11 is 12.7. The van der Waals surface area contributed by atoms with Crippen LogP contribution in [0.5, 0.6) is 0 Å². The molecule has 2 atom stereocenters. The summed E-state index contributed by atoms with van der Waals surface area (Å²) in [6, 6.07) is 10.8. The molecule has 6 nitrogen and oxygen atoms in total. The first-order valence-corrected chi connectivity index (χ1v) is 12.7. The molecule has 2 aromatic rings. The minimum atomic E-state index is -5.77. The third kappa shape index (κ3) is 6.45. The number of alkyl halides is 6. The van der Waals surface area contributed by atoms with E-state index >= 15 is 0 Å². The standard InChI is InChI=1S/C21H23Cl2N3O.C4F6O2/c22-18-2-1-3-19(23)17(18)11-25-14-8-13-12-27-7-6-26-20-4-5-24-10-16(20)15(9-14)21(13)26;5-3(6,7)1(11)2(12)4(8,9)10/h1-3,8-9,16,20,24-25H,4-7,10-12H2;/t16-,20-;/m0./s1. The number of piperidine rings is 1. The van der Waals surface area contributed by atoms with Gasteiger partial charge in [0.1, 0.15) is 0 Å². The Hall–Kier alpha value is -2.54. The van der Waals surface area contributed by atoms with E-state index in [1.807, 2.05) is 18.2 Å². The van der Waals surface area contributed by atoms with Gasteiger partial charge in [-0.25, -0.2) is 0 Å². The average molecular weight is 598 g/mol. The largest absolute Gasteiger partial charge is 0.458 e. The summed E-state index contributed by atoms with van der Waals surface area (Å²) in [4.78, 5) is 21.8. The Kier molecular flexibility index (Phi) is 8.70. The molecule has 0 radical (unpaired) electrons. The third-order valence-electron chi connectivity index (χ3n) is 6.74. The van der Waals surface area contributed by atoms with E-state index in [9.17, 15) is 35.9 Å². The summed E-state index contributed by atoms with van der Waals surface area (Å²) < 4.78 is 72.8. The van der Waals surface area contributed by atoms with E-state index in [1.165, 1.54) is 23.2 Å². The van der Waals surface area contributed by atoms with E-state index in [0.29, 0.717) is 35.2 Å². The van der Waals surface area contributed by atoms with Crippen molar-refractivity contribution < 1.29 is 40.7 Å². The second-order valence-corrected chi connectivity index (χ2v) is 10.0. The van der Waals surface area contributed by atoms with E-state index in [0.717, 1.165) is 37.5 Å². The summed E-state index contributed by atoms with van der Waals surface area (Å²) in [6.45, 7) is 5.21. The Balaban J connectivity index is 0.000000251. The fourth-order valence-electron chi connectivity index (χ4n) is 5.04. The Bertz CT molecular complexity index is 1210. The van der Waals surface area contributed by atoms with Gasteiger partial charge < -0.3 is 20.3 Å². The summed E-state index contributed by atoms with van der Waals surface area (Å²) in [5.41, 5.74) is 6.18. The van der Waals surface area contributed by atoms with Crippen molar-refractivity contribution in [1.29, 1.82) is 0 Å². The number of anilines is 2. The number of nitrogens with one attached hydrogen (secondary N) is 2. The highest BCUT2D eigenvalue weighted by Gasteiger charge is 2.54. The number of carbonyl (C=O) groups excluding carboxylic acids is 2. The lowest BCUT2D eigenvalue weighted by atomic mass is 9.89. The Morgan fingerprint density at radius 2 is 1.69 bits per heavy atom. The number of halogens is 8. The first kappa shape index (κ1) is 29.4. The molecule has 1 saturated heterocycles. The van der Waals surface area contributed by atoms with Gasteiger partial charge in [-0.1, -0.05) is 29.3 Å². The predicted molar refractivity (Wildman–Crippen MR) is 133 cm³/mol. The maximum atomic E-state index is 11.2. The monoisotopic (exact) mass is 597 g/mol. The number of benzene rings is 2. The van der Waals surface area contributed by atoms with Crippen LogP contribution in [0.3, 0.4) is 0 Å². The normalized spacial score (nSPS) is 20.3. The van der Waals surface area contributed by atoms with E-state index in [1.54, 1.807) is 0 Å². The highest BCUT2D eigenvalue weighted by atomic mass is 35.5. The zero-order chi connectivity index (χ0) is 28.5. The topological polar surface area (TPSA) is 70.7 Å². The van der Waals surface area contributed by atoms with E-state index in [4.69, 9.17) is 27.9 Å². The van der Waals surface area contributed by atoms with Gasteiger partial charge in [-0.15, -0.1) is 0 Å². The molecule has 0 bridgehead atoms. The molecule has 3 aliphatic rings. The van der Waals surface area contributed by atoms with Crippen LogP contribution >= 0.6 is 23.2 Å². The molecular formula is C25H23Cl2F6N3O3. The predicted octanol–water partition coefficient (Wildman–Crippen LogP) is 5.65. The van der Waals surface area contributed by atoms with Crippen molar-refractivity contribution in [2.24, 2.45) is 0 Å². The van der Waals surface area contributed by atoms with Crippen LogP contribution in [-0.4, -0.2) is 56.2 Å². The minimum Gasteiger partial charge on any atom is -0.381 e. The SMILES string of the molecule is Clc1cccc(Cl)c1CNc1cc2c3c(c1)[C@@H]1CNCC[C@@H]1N3CCOC2.O=C(C(=O)C(F)(F)F)C(F)(F)F. The van der Waals surface area contributed by atoms with Gasteiger partial charge in [0.25, 0.3) is 0 Å². The van der Waals surface area contributed by atoms with Crippen molar-refractivity contribution in [3.63, 3.8) is 0 Å². The van der Waals surface area contributed by atoms with Crippen molar-refractivity contribution >= 4 is 46.1 Å². The van der Waals surface area contributed by atoms with E-state index < -0.39 is 23.9 Å². The van der Waals surface area contributed by atoms with Crippen molar-refractivity contribution in [2.75, 3.05) is 36.5 Å². The molecule has 2 aromatic carbocycles. The molecule has 2 N–H and O–H groups in total. The maximum Gasteiger partial charge on any atom is 0.458 e. The van der Waals surface area contributed by atoms with Gasteiger partial charge in [0.2, 0.25) is 0 Å². The van der Waals surface area contributed by atoms with Crippen molar-refractivity contribution in [3.05, 3.63) is 57.1 Å². The molecule has 0 aromatic heterocycles. The van der Waals surface area contributed by atoms with Crippen molar-refractivity contribution in [1.82, 2.24) is 5.32 Å². The van der Waals surface area contributed by atoms with Crippen LogP contribution in [-0.2, 0) is 27.5 Å². The van der Waals surface area contributed by atoms with Crippen LogP contribution in [0, 0.1) is 0 Å². The number of fused-ring (bicyclic) bond motifs is 3. The summed E-state index contributed by atoms with van der Waals surface area (Å²) in [5, 5.41) is 8.50. The third-order valence-corrected chi connectivity index (χ3v) is 7.45. The number of rotatable bonds is 4. The zero-order valence-corrected chi connectivity index (χ0v) is 21.7. The van der Waals surface area contributed by atoms with Crippen LogP contribution < -0.4 is 15.5 Å². The number of hydrogen-bond acceptors (Lipinski definition) is 6. The number of hydrogen-bond donors (Lipinski definition) is 2. The zero-order valence-electron chi connectivity index (χ0n) is 20.2. The van der Waals surface area contributed by atoms with Gasteiger partial charge >= 0.3 is 23.9 Å². The molecule has 3 aliphatic heterocycles. The highest BCUT2D eigenvalue weighted by molar-refractivity contribution is 6.41. The molecule has 0 unspecified atom stereocenters. The molecule has 39 heavy (non-hydrogen) atoms. The molecule has 3 heterocycles. The Morgan fingerprint density at radius 1 is 1.05 bits per heavy atom. The molecule has 5 rings (SSSR count). The average Bonchev–Trinajstić information content (AvgIpc) is 3.02. The van der Waals surface area contributed by atoms with Gasteiger partial charge in [-0.3, -0.25) is 9.59 Å². The van der Waals surface area contributed by atoms with Crippen molar-refractivity contribution in [2.45, 2.75) is 43.9 Å². The molecular weight excluding hydrogens is 575 g/mol. The van der Waals surface area contributed by atoms with Crippen LogP contribution in [0.1, 0.15) is 29.0 Å². The molecule has 1 fully saturated rings. The molecule has 14 heteroatoms. The molecule has 212 valence electrons. The van der Waals surface area contributed by atoms with Crippen LogP contribution in [0.15, 0.2) is 30.3 Å². The summed E-state index contributed by atoms with van der Waals surface area (Å²) in [7, 11) is 0. The second kappa shape index (κ2) is 11.5. The fraction of sp³-hybridized carbons (Fsp3) is 0.440. The first-order chi connectivity index (χ1) is 18.3. The van der Waals surface area contributed by atoms with E-state index in [2.05, 4.69) is 27.7 Å². The lowest BCUT2D eigenvalue weighted by molar-refractivity contribution is -0.193. The lowest BCUT2D eigenvalue weighted by Gasteiger charge is -2.33. The van der Waals surface area contributed by atoms with Gasteiger partial charge in [0.05, 0.1) is 13.2 Å². The Labute approximate surface area is 229 Å². The molecule has 0 saturated carbocycles. The molecule has 0 amide bonds. The number of Topliss-reactive ketones (excluding diaryl/α,β-unsaturated/α-hetero) is 2. The van der Waals surface area contributed by atoms with Crippen LogP contribution in [0.2, 0.25) is 10.0 Å². The minimum absolute atomic E-state index is 0.552. The Morgan fingerprint density at radius 3 is 2.31 bits per heavy atom. The van der Waals surface area contributed by atoms with E-state index in [-0.39, 0.29) is 0 Å². The summed E-state index contributed by atoms with van der Waals surface area (Å²) in [5.74, 6) is -6.26. The number of ether oxygens (including phenoxy) is 1. The second-order valence-electron chi connectivity index (χ2n) is 9.19. The molecule has 0 spiro atoms. The van der Waals surface area contributed by atoms with Gasteiger partial charge in [-0.05, 0) is 42.8 Å². The smallest absolute Gasteiger partial charge is 0.381 e. The van der Waals surface area contributed by atoms with Crippen LogP contribution in [0.25, 0.3) is 0 Å². The summed E-state index contributed by atoms with van der Waals surface area (Å²) in [6.07, 6.45) is -10.4. The first-order valence-electron chi connectivity index (χ1n) is 11.9. The lowest BCUT2D eigenvalue weighted by Crippen LogP contribution is -2.44. The van der Waals surface area contributed by atoms with Gasteiger partial charge in [-0.2, -0.15) is 26.3 Å². The van der Waals surface area contributed by atoms with Gasteiger partial charge in [0, 0.05) is 64.1 Å². The number of carbonyl (C=O) groups is 2. The highest BCUT2D eigenvalue weighted by Crippen LogP contribution is 2.47. The maximum absolute atomic E-state index is 11.2. The number of nitrogens with zero attached hydrogens (tertiary/aromatic N) is 1. The van der Waals surface area contributed by atoms with Crippen LogP contribution in [0.4, 0.5) is 37.7 Å². The van der Waals surface area contributed by atoms with Crippen molar-refractivity contribution in [3.8, 4) is 0 Å².